The Hall–Kier alpha value is -3.06. The predicted molar refractivity (Wildman–Crippen MR) is 121 cm³/mol. The molecule has 0 spiro atoms. The lowest BCUT2D eigenvalue weighted by Gasteiger charge is -2.23. The lowest BCUT2D eigenvalue weighted by atomic mass is 9.92. The van der Waals surface area contributed by atoms with E-state index in [1.54, 1.807) is 33.3 Å². The number of hydrogen-bond acceptors (Lipinski definition) is 6. The van der Waals surface area contributed by atoms with E-state index >= 15 is 0 Å². The quantitative estimate of drug-likeness (QED) is 0.281. The van der Waals surface area contributed by atoms with Crippen LogP contribution in [0.5, 0.6) is 5.75 Å². The van der Waals surface area contributed by atoms with E-state index in [9.17, 15) is 14.7 Å². The molecule has 0 aliphatic carbocycles. The maximum atomic E-state index is 13.1. The van der Waals surface area contributed by atoms with Crippen LogP contribution in [-0.4, -0.2) is 49.1 Å². The molecule has 32 heavy (non-hydrogen) atoms. The van der Waals surface area contributed by atoms with Crippen LogP contribution in [0.1, 0.15) is 60.4 Å². The van der Waals surface area contributed by atoms with Gasteiger partial charge in [0.05, 0.1) is 12.7 Å². The molecule has 7 nitrogen and oxygen atoms in total. The molecule has 1 aromatic heterocycles. The molecule has 0 bridgehead atoms. The highest BCUT2D eigenvalue weighted by molar-refractivity contribution is 6.46. The molecule has 0 saturated carbocycles. The van der Waals surface area contributed by atoms with E-state index in [1.807, 2.05) is 32.9 Å². The Balaban J connectivity index is 2.19. The SMILES string of the molecule is COCCCN1C(=O)C(=O)/C(=C(/O)c2cc(C(C)C)c(OC)cc2C)C1c1ccc(C)o1. The second-order valence-corrected chi connectivity index (χ2v) is 8.35. The smallest absolute Gasteiger partial charge is 0.295 e. The maximum Gasteiger partial charge on any atom is 0.295 e. The van der Waals surface area contributed by atoms with Crippen molar-refractivity contribution < 1.29 is 28.6 Å². The third kappa shape index (κ3) is 4.30. The average molecular weight is 442 g/mol. The zero-order valence-electron chi connectivity index (χ0n) is 19.5. The van der Waals surface area contributed by atoms with Crippen molar-refractivity contribution in [1.29, 1.82) is 0 Å². The number of likely N-dealkylation sites (tertiary alicyclic amines) is 1. The molecule has 2 aromatic rings. The number of aryl methyl sites for hydroxylation is 2. The molecular formula is C25H31NO6. The summed E-state index contributed by atoms with van der Waals surface area (Å²) in [6.45, 7) is 8.43. The largest absolute Gasteiger partial charge is 0.507 e. The molecule has 1 aromatic carbocycles. The van der Waals surface area contributed by atoms with Crippen LogP contribution in [0.4, 0.5) is 0 Å². The van der Waals surface area contributed by atoms with Gasteiger partial charge in [-0.1, -0.05) is 13.8 Å². The number of hydrogen-bond donors (Lipinski definition) is 1. The van der Waals surface area contributed by atoms with E-state index in [4.69, 9.17) is 13.9 Å². The Morgan fingerprint density at radius 3 is 2.47 bits per heavy atom. The average Bonchev–Trinajstić information content (AvgIpc) is 3.29. The van der Waals surface area contributed by atoms with E-state index in [2.05, 4.69) is 0 Å². The molecule has 1 amide bonds. The molecule has 172 valence electrons. The molecular weight excluding hydrogens is 410 g/mol. The third-order valence-corrected chi connectivity index (χ3v) is 5.77. The monoisotopic (exact) mass is 441 g/mol. The van der Waals surface area contributed by atoms with Gasteiger partial charge in [0.1, 0.15) is 29.1 Å². The van der Waals surface area contributed by atoms with Crippen LogP contribution in [0.25, 0.3) is 5.76 Å². The molecule has 1 unspecified atom stereocenters. The van der Waals surface area contributed by atoms with Gasteiger partial charge < -0.3 is 23.9 Å². The normalized spacial score (nSPS) is 18.1. The van der Waals surface area contributed by atoms with Crippen molar-refractivity contribution in [3.8, 4) is 5.75 Å². The summed E-state index contributed by atoms with van der Waals surface area (Å²) in [5.74, 6) is 0.362. The van der Waals surface area contributed by atoms with E-state index in [-0.39, 0.29) is 17.3 Å². The van der Waals surface area contributed by atoms with Gasteiger partial charge >= 0.3 is 0 Å². The molecule has 1 N–H and O–H groups in total. The highest BCUT2D eigenvalue weighted by atomic mass is 16.5. The summed E-state index contributed by atoms with van der Waals surface area (Å²) in [4.78, 5) is 27.5. The summed E-state index contributed by atoms with van der Waals surface area (Å²) >= 11 is 0. The number of ether oxygens (including phenoxy) is 2. The van der Waals surface area contributed by atoms with Crippen LogP contribution >= 0.6 is 0 Å². The number of furan rings is 1. The summed E-state index contributed by atoms with van der Waals surface area (Å²) in [5.41, 5.74) is 2.17. The van der Waals surface area contributed by atoms with Crippen LogP contribution in [0.2, 0.25) is 0 Å². The molecule has 7 heteroatoms. The summed E-state index contributed by atoms with van der Waals surface area (Å²) in [6, 6.07) is 6.38. The van der Waals surface area contributed by atoms with Crippen molar-refractivity contribution in [2.45, 2.75) is 46.1 Å². The van der Waals surface area contributed by atoms with Gasteiger partial charge in [-0.25, -0.2) is 0 Å². The maximum absolute atomic E-state index is 13.1. The van der Waals surface area contributed by atoms with Gasteiger partial charge in [-0.2, -0.15) is 0 Å². The molecule has 2 heterocycles. The number of ketones is 1. The first-order valence-corrected chi connectivity index (χ1v) is 10.7. The van der Waals surface area contributed by atoms with E-state index in [0.717, 1.165) is 11.1 Å². The zero-order valence-corrected chi connectivity index (χ0v) is 19.5. The molecule has 3 rings (SSSR count). The standard InChI is InChI=1S/C25H31NO6/c1-14(2)17-13-18(15(3)12-20(17)31-6)23(27)21-22(19-9-8-16(4)32-19)26(10-7-11-30-5)25(29)24(21)28/h8-9,12-14,22,27H,7,10-11H2,1-6H3/b23-21+. The van der Waals surface area contributed by atoms with E-state index in [0.29, 0.717) is 42.4 Å². The molecule has 1 saturated heterocycles. The third-order valence-electron chi connectivity index (χ3n) is 5.77. The van der Waals surface area contributed by atoms with Crippen LogP contribution in [0.3, 0.4) is 0 Å². The Morgan fingerprint density at radius 1 is 1.19 bits per heavy atom. The van der Waals surface area contributed by atoms with Crippen LogP contribution < -0.4 is 4.74 Å². The van der Waals surface area contributed by atoms with Gasteiger partial charge in [-0.05, 0) is 61.6 Å². The van der Waals surface area contributed by atoms with Gasteiger partial charge in [-0.15, -0.1) is 0 Å². The number of aliphatic hydroxyl groups is 1. The van der Waals surface area contributed by atoms with Crippen molar-refractivity contribution in [1.82, 2.24) is 4.90 Å². The number of Topliss-reactive ketones (excluding diaryl/α,β-unsaturated/α-hetero) is 1. The molecule has 1 aliphatic rings. The number of nitrogens with zero attached hydrogens (tertiary/aromatic N) is 1. The first-order chi connectivity index (χ1) is 15.2. The Morgan fingerprint density at radius 2 is 1.91 bits per heavy atom. The number of benzene rings is 1. The minimum atomic E-state index is -0.801. The fraction of sp³-hybridized carbons (Fsp3) is 0.440. The predicted octanol–water partition coefficient (Wildman–Crippen LogP) is 4.49. The van der Waals surface area contributed by atoms with Crippen molar-refractivity contribution in [3.63, 3.8) is 0 Å². The lowest BCUT2D eigenvalue weighted by Crippen LogP contribution is -2.31. The van der Waals surface area contributed by atoms with E-state index in [1.165, 1.54) is 4.90 Å². The van der Waals surface area contributed by atoms with Gasteiger partial charge in [0, 0.05) is 25.8 Å². The van der Waals surface area contributed by atoms with Crippen molar-refractivity contribution in [2.75, 3.05) is 27.4 Å². The van der Waals surface area contributed by atoms with Crippen LogP contribution in [0.15, 0.2) is 34.3 Å². The zero-order chi connectivity index (χ0) is 23.6. The topological polar surface area (TPSA) is 89.2 Å². The lowest BCUT2D eigenvalue weighted by molar-refractivity contribution is -0.140. The van der Waals surface area contributed by atoms with Crippen molar-refractivity contribution >= 4 is 17.4 Å². The van der Waals surface area contributed by atoms with Gasteiger partial charge in [0.15, 0.2) is 0 Å². The minimum absolute atomic E-state index is 0.0322. The van der Waals surface area contributed by atoms with Gasteiger partial charge in [0.25, 0.3) is 11.7 Å². The number of rotatable bonds is 8. The first-order valence-electron chi connectivity index (χ1n) is 10.7. The number of amides is 1. The van der Waals surface area contributed by atoms with Gasteiger partial charge in [0.2, 0.25) is 0 Å². The summed E-state index contributed by atoms with van der Waals surface area (Å²) in [7, 11) is 3.19. The summed E-state index contributed by atoms with van der Waals surface area (Å²) in [6.07, 6.45) is 0.554. The summed E-state index contributed by atoms with van der Waals surface area (Å²) < 4.78 is 16.4. The molecule has 1 aliphatic heterocycles. The highest BCUT2D eigenvalue weighted by Gasteiger charge is 2.47. The second kappa shape index (κ2) is 9.61. The van der Waals surface area contributed by atoms with Crippen LogP contribution in [-0.2, 0) is 14.3 Å². The molecule has 0 radical (unpaired) electrons. The summed E-state index contributed by atoms with van der Waals surface area (Å²) in [5, 5.41) is 11.4. The van der Waals surface area contributed by atoms with Crippen molar-refractivity contribution in [2.24, 2.45) is 0 Å². The molecule has 1 atom stereocenters. The number of carbonyl (C=O) groups is 2. The highest BCUT2D eigenvalue weighted by Crippen LogP contribution is 2.41. The Kier molecular flexibility index (Phi) is 7.09. The minimum Gasteiger partial charge on any atom is -0.507 e. The molecule has 1 fully saturated rings. The Bertz CT molecular complexity index is 1050. The van der Waals surface area contributed by atoms with Gasteiger partial charge in [-0.3, -0.25) is 9.59 Å². The number of methoxy groups -OCH3 is 2. The number of aliphatic hydroxyl groups excluding tert-OH is 1. The second-order valence-electron chi connectivity index (χ2n) is 8.35. The van der Waals surface area contributed by atoms with Crippen molar-refractivity contribution in [3.05, 3.63) is 58.0 Å². The fourth-order valence-electron chi connectivity index (χ4n) is 4.11. The first kappa shape index (κ1) is 23.6. The fourth-order valence-corrected chi connectivity index (χ4v) is 4.11. The number of carbonyl (C=O) groups excluding carboxylic acids is 2. The Labute approximate surface area is 188 Å². The van der Waals surface area contributed by atoms with E-state index < -0.39 is 17.7 Å². The van der Waals surface area contributed by atoms with Crippen LogP contribution in [0, 0.1) is 13.8 Å².